The van der Waals surface area contributed by atoms with Crippen molar-refractivity contribution in [2.45, 2.75) is 95.3 Å². The summed E-state index contributed by atoms with van der Waals surface area (Å²) in [5.74, 6) is 0.803. The molecule has 6 nitrogen and oxygen atoms in total. The first-order valence-electron chi connectivity index (χ1n) is 15.4. The average Bonchev–Trinajstić information content (AvgIpc) is 3.49. The highest BCUT2D eigenvalue weighted by atomic mass is 19.4. The van der Waals surface area contributed by atoms with Crippen LogP contribution in [0.4, 0.5) is 13.2 Å². The van der Waals surface area contributed by atoms with Crippen molar-refractivity contribution in [3.63, 3.8) is 0 Å². The fourth-order valence-electron chi connectivity index (χ4n) is 7.23. The largest absolute Gasteiger partial charge is 0.416 e. The van der Waals surface area contributed by atoms with Gasteiger partial charge in [0.15, 0.2) is 0 Å². The highest BCUT2D eigenvalue weighted by molar-refractivity contribution is 5.82. The highest BCUT2D eigenvalue weighted by Crippen LogP contribution is 2.35. The van der Waals surface area contributed by atoms with Gasteiger partial charge >= 0.3 is 6.18 Å². The monoisotopic (exact) mass is 580 g/mol. The summed E-state index contributed by atoms with van der Waals surface area (Å²) in [6.45, 7) is 2.86. The Hall–Kier alpha value is -2.13. The minimum atomic E-state index is -4.34. The molecule has 2 heterocycles. The summed E-state index contributed by atoms with van der Waals surface area (Å²) in [5, 5.41) is 0. The van der Waals surface area contributed by atoms with Gasteiger partial charge in [0.2, 0.25) is 11.8 Å². The third-order valence-corrected chi connectivity index (χ3v) is 9.39. The standard InChI is InChI=1S/C20H26F3NO2.C12H21NO2/c1-26-13-15-12-24(17-5-3-2-4-6-17)19(25)18(15)11-14-7-9-16(10-8-14)20(21,22)23;1-15-9-10-7-12(14)13(8-10)11-5-3-2-4-6-11/h7-10,15,17-18H,2-6,11-13H2,1H3;10-11H,2-9H2,1H3. The quantitative estimate of drug-likeness (QED) is 0.372. The van der Waals surface area contributed by atoms with Crippen molar-refractivity contribution in [2.75, 3.05) is 40.5 Å². The van der Waals surface area contributed by atoms with E-state index in [0.717, 1.165) is 56.5 Å². The molecule has 2 aliphatic heterocycles. The number of benzene rings is 1. The molecule has 1 aromatic carbocycles. The summed E-state index contributed by atoms with van der Waals surface area (Å²) in [4.78, 5) is 29.0. The SMILES string of the molecule is COCC1CC(=O)N(C2CCCCC2)C1.COCC1CN(C2CCCCC2)C(=O)C1Cc1ccc(C(F)(F)F)cc1. The molecular formula is C32H47F3N2O4. The number of rotatable bonds is 8. The van der Waals surface area contributed by atoms with Crippen molar-refractivity contribution in [3.05, 3.63) is 35.4 Å². The van der Waals surface area contributed by atoms with E-state index in [1.54, 1.807) is 14.2 Å². The van der Waals surface area contributed by atoms with Crippen LogP contribution >= 0.6 is 0 Å². The number of amides is 2. The fraction of sp³-hybridized carbons (Fsp3) is 0.750. The molecule has 0 bridgehead atoms. The van der Waals surface area contributed by atoms with Crippen molar-refractivity contribution < 1.29 is 32.2 Å². The van der Waals surface area contributed by atoms with Crippen LogP contribution in [0.25, 0.3) is 0 Å². The summed E-state index contributed by atoms with van der Waals surface area (Å²) < 4.78 is 48.6. The molecule has 2 saturated heterocycles. The Morgan fingerprint density at radius 1 is 0.780 bits per heavy atom. The molecule has 4 aliphatic rings. The second-order valence-electron chi connectivity index (χ2n) is 12.4. The molecule has 0 spiro atoms. The smallest absolute Gasteiger partial charge is 0.384 e. The van der Waals surface area contributed by atoms with Gasteiger partial charge in [-0.15, -0.1) is 0 Å². The van der Waals surface area contributed by atoms with Crippen LogP contribution in [0.5, 0.6) is 0 Å². The molecule has 41 heavy (non-hydrogen) atoms. The molecule has 2 aliphatic carbocycles. The maximum absolute atomic E-state index is 13.0. The van der Waals surface area contributed by atoms with E-state index in [9.17, 15) is 22.8 Å². The van der Waals surface area contributed by atoms with Crippen LogP contribution < -0.4 is 0 Å². The van der Waals surface area contributed by atoms with Gasteiger partial charge in [0.1, 0.15) is 0 Å². The molecule has 0 N–H and O–H groups in total. The number of ether oxygens (including phenoxy) is 2. The molecule has 9 heteroatoms. The molecule has 4 fully saturated rings. The third-order valence-electron chi connectivity index (χ3n) is 9.39. The molecular weight excluding hydrogens is 533 g/mol. The van der Waals surface area contributed by atoms with E-state index in [0.29, 0.717) is 49.9 Å². The maximum atomic E-state index is 13.0. The number of hydrogen-bond acceptors (Lipinski definition) is 4. The van der Waals surface area contributed by atoms with Gasteiger partial charge in [-0.25, -0.2) is 0 Å². The molecule has 230 valence electrons. The van der Waals surface area contributed by atoms with Gasteiger partial charge in [-0.2, -0.15) is 13.2 Å². The van der Waals surface area contributed by atoms with E-state index in [1.165, 1.54) is 50.7 Å². The van der Waals surface area contributed by atoms with Crippen molar-refractivity contribution in [3.8, 4) is 0 Å². The molecule has 0 radical (unpaired) electrons. The number of methoxy groups -OCH3 is 2. The lowest BCUT2D eigenvalue weighted by Crippen LogP contribution is -2.39. The van der Waals surface area contributed by atoms with Crippen LogP contribution in [0.3, 0.4) is 0 Å². The summed E-state index contributed by atoms with van der Waals surface area (Å²) in [6, 6.07) is 6.02. The Labute approximate surface area is 242 Å². The lowest BCUT2D eigenvalue weighted by Gasteiger charge is -2.31. The third kappa shape index (κ3) is 8.46. The van der Waals surface area contributed by atoms with Gasteiger partial charge in [-0.1, -0.05) is 50.7 Å². The summed E-state index contributed by atoms with van der Waals surface area (Å²) in [6.07, 6.45) is 8.85. The molecule has 2 saturated carbocycles. The zero-order valence-electron chi connectivity index (χ0n) is 24.7. The second kappa shape index (κ2) is 14.9. The van der Waals surface area contributed by atoms with Gasteiger partial charge in [0.25, 0.3) is 0 Å². The molecule has 5 rings (SSSR count). The average molecular weight is 581 g/mol. The summed E-state index contributed by atoms with van der Waals surface area (Å²) >= 11 is 0. The van der Waals surface area contributed by atoms with Crippen LogP contribution in [-0.2, 0) is 31.7 Å². The lowest BCUT2D eigenvalue weighted by molar-refractivity contribution is -0.137. The van der Waals surface area contributed by atoms with Crippen LogP contribution in [0.1, 0.15) is 81.8 Å². The Balaban J connectivity index is 0.000000218. The van der Waals surface area contributed by atoms with Crippen molar-refractivity contribution in [1.29, 1.82) is 0 Å². The van der Waals surface area contributed by atoms with Crippen molar-refractivity contribution in [2.24, 2.45) is 17.8 Å². The van der Waals surface area contributed by atoms with E-state index < -0.39 is 11.7 Å². The number of likely N-dealkylation sites (tertiary alicyclic amines) is 2. The number of halogens is 3. The number of carbonyl (C=O) groups excluding carboxylic acids is 2. The Morgan fingerprint density at radius 2 is 1.34 bits per heavy atom. The van der Waals surface area contributed by atoms with Crippen molar-refractivity contribution in [1.82, 2.24) is 9.80 Å². The van der Waals surface area contributed by atoms with E-state index in [-0.39, 0.29) is 17.7 Å². The van der Waals surface area contributed by atoms with Gasteiger partial charge in [-0.3, -0.25) is 9.59 Å². The van der Waals surface area contributed by atoms with Crippen LogP contribution in [0, 0.1) is 17.8 Å². The maximum Gasteiger partial charge on any atom is 0.416 e. The van der Waals surface area contributed by atoms with E-state index in [1.807, 2.05) is 4.90 Å². The van der Waals surface area contributed by atoms with Gasteiger partial charge in [-0.05, 0) is 49.8 Å². The van der Waals surface area contributed by atoms with Crippen LogP contribution in [-0.4, -0.2) is 74.2 Å². The minimum absolute atomic E-state index is 0.0942. The van der Waals surface area contributed by atoms with Gasteiger partial charge in [0.05, 0.1) is 18.8 Å². The number of carbonyl (C=O) groups is 2. The Morgan fingerprint density at radius 3 is 1.88 bits per heavy atom. The molecule has 1 aromatic rings. The molecule has 3 unspecified atom stereocenters. The fourth-order valence-corrected chi connectivity index (χ4v) is 7.23. The topological polar surface area (TPSA) is 59.1 Å². The minimum Gasteiger partial charge on any atom is -0.384 e. The first-order chi connectivity index (χ1) is 19.7. The Bertz CT molecular complexity index is 974. The zero-order valence-corrected chi connectivity index (χ0v) is 24.7. The first kappa shape index (κ1) is 31.8. The van der Waals surface area contributed by atoms with Crippen LogP contribution in [0.2, 0.25) is 0 Å². The second-order valence-corrected chi connectivity index (χ2v) is 12.4. The van der Waals surface area contributed by atoms with E-state index in [4.69, 9.17) is 9.47 Å². The molecule has 0 aromatic heterocycles. The molecule has 2 amide bonds. The van der Waals surface area contributed by atoms with Crippen LogP contribution in [0.15, 0.2) is 24.3 Å². The highest BCUT2D eigenvalue weighted by Gasteiger charge is 2.43. The number of hydrogen-bond donors (Lipinski definition) is 0. The summed E-state index contributed by atoms with van der Waals surface area (Å²) in [7, 11) is 3.34. The predicted molar refractivity (Wildman–Crippen MR) is 151 cm³/mol. The first-order valence-corrected chi connectivity index (χ1v) is 15.4. The normalized spacial score (nSPS) is 26.4. The zero-order chi connectivity index (χ0) is 29.4. The van der Waals surface area contributed by atoms with Gasteiger partial charge in [0, 0.05) is 63.6 Å². The number of nitrogens with zero attached hydrogens (tertiary/aromatic N) is 2. The van der Waals surface area contributed by atoms with Gasteiger partial charge < -0.3 is 19.3 Å². The predicted octanol–water partition coefficient (Wildman–Crippen LogP) is 6.12. The van der Waals surface area contributed by atoms with Crippen molar-refractivity contribution >= 4 is 11.8 Å². The van der Waals surface area contributed by atoms with E-state index in [2.05, 4.69) is 4.90 Å². The molecule has 3 atom stereocenters. The number of alkyl halides is 3. The Kier molecular flexibility index (Phi) is 11.5. The van der Waals surface area contributed by atoms with E-state index >= 15 is 0 Å². The lowest BCUT2D eigenvalue weighted by atomic mass is 9.89. The summed E-state index contributed by atoms with van der Waals surface area (Å²) in [5.41, 5.74) is 0.110.